The van der Waals surface area contributed by atoms with E-state index in [1.54, 1.807) is 42.5 Å². The third kappa shape index (κ3) is 6.25. The van der Waals surface area contributed by atoms with Crippen LogP contribution in [0.25, 0.3) is 0 Å². The van der Waals surface area contributed by atoms with Gasteiger partial charge in [0.15, 0.2) is 5.75 Å². The third-order valence-corrected chi connectivity index (χ3v) is 6.90. The fourth-order valence-corrected chi connectivity index (χ4v) is 5.42. The Balaban J connectivity index is 1.75. The van der Waals surface area contributed by atoms with Gasteiger partial charge in [-0.05, 0) is 86.8 Å². The Hall–Kier alpha value is -2.01. The zero-order valence-electron chi connectivity index (χ0n) is 16.0. The molecule has 0 heterocycles. The molecule has 31 heavy (non-hydrogen) atoms. The van der Waals surface area contributed by atoms with Gasteiger partial charge in [0.25, 0.3) is 5.91 Å². The fraction of sp³-hybridized carbons (Fsp3) is 0.0476. The van der Waals surface area contributed by atoms with Gasteiger partial charge in [0.2, 0.25) is 0 Å². The number of nitrogens with zero attached hydrogens (tertiary/aromatic N) is 1. The lowest BCUT2D eigenvalue weighted by Gasteiger charge is -2.11. The zero-order chi connectivity index (χ0) is 22.6. The number of rotatable bonds is 6. The molecule has 10 heteroatoms. The summed E-state index contributed by atoms with van der Waals surface area (Å²) < 4.78 is 32.0. The first-order chi connectivity index (χ1) is 14.7. The summed E-state index contributed by atoms with van der Waals surface area (Å²) in [4.78, 5) is 12.2. The maximum Gasteiger partial charge on any atom is 0.339 e. The van der Waals surface area contributed by atoms with Crippen molar-refractivity contribution in [1.29, 1.82) is 0 Å². The topological polar surface area (TPSA) is 84.8 Å². The number of carbonyl (C=O) groups is 1. The van der Waals surface area contributed by atoms with Gasteiger partial charge in [0, 0.05) is 10.0 Å². The van der Waals surface area contributed by atoms with Crippen molar-refractivity contribution >= 4 is 70.0 Å². The molecule has 0 aliphatic heterocycles. The average Bonchev–Trinajstić information content (AvgIpc) is 2.71. The summed E-state index contributed by atoms with van der Waals surface area (Å²) in [6.07, 6.45) is 1.43. The number of benzene rings is 3. The first-order valence-electron chi connectivity index (χ1n) is 8.75. The van der Waals surface area contributed by atoms with Crippen LogP contribution in [0.3, 0.4) is 0 Å². The summed E-state index contributed by atoms with van der Waals surface area (Å²) in [6, 6.07) is 16.5. The number of aryl methyl sites for hydroxylation is 1. The molecule has 1 amide bonds. The van der Waals surface area contributed by atoms with Crippen molar-refractivity contribution in [2.24, 2.45) is 5.10 Å². The highest BCUT2D eigenvalue weighted by Crippen LogP contribution is 2.36. The third-order valence-electron chi connectivity index (χ3n) is 3.99. The monoisotopic (exact) mass is 628 g/mol. The highest BCUT2D eigenvalue weighted by Gasteiger charge is 2.20. The van der Waals surface area contributed by atoms with E-state index in [1.165, 1.54) is 18.3 Å². The Morgan fingerprint density at radius 1 is 1.00 bits per heavy atom. The normalized spacial score (nSPS) is 11.5. The van der Waals surface area contributed by atoms with Crippen LogP contribution in [0, 0.1) is 6.92 Å². The van der Waals surface area contributed by atoms with E-state index >= 15 is 0 Å². The predicted octanol–water partition coefficient (Wildman–Crippen LogP) is 5.81. The molecule has 0 unspecified atom stereocenters. The Bertz CT molecular complexity index is 1240. The molecule has 0 fully saturated rings. The fourth-order valence-electron chi connectivity index (χ4n) is 2.46. The summed E-state index contributed by atoms with van der Waals surface area (Å²) in [6.45, 7) is 1.87. The van der Waals surface area contributed by atoms with Crippen molar-refractivity contribution in [3.05, 3.63) is 90.8 Å². The van der Waals surface area contributed by atoms with Gasteiger partial charge in [-0.25, -0.2) is 5.43 Å². The highest BCUT2D eigenvalue weighted by molar-refractivity contribution is 9.11. The van der Waals surface area contributed by atoms with Gasteiger partial charge in [0.05, 0.1) is 15.2 Å². The average molecular weight is 631 g/mol. The van der Waals surface area contributed by atoms with Crippen molar-refractivity contribution in [1.82, 2.24) is 5.43 Å². The molecule has 3 rings (SSSR count). The number of halogens is 3. The molecule has 1 N–H and O–H groups in total. The first-order valence-corrected chi connectivity index (χ1v) is 12.5. The zero-order valence-corrected chi connectivity index (χ0v) is 21.5. The van der Waals surface area contributed by atoms with Gasteiger partial charge in [-0.3, -0.25) is 4.79 Å². The van der Waals surface area contributed by atoms with Gasteiger partial charge in [-0.2, -0.15) is 13.5 Å². The van der Waals surface area contributed by atoms with Gasteiger partial charge in [0.1, 0.15) is 4.90 Å². The smallest absolute Gasteiger partial charge is 0.339 e. The molecular formula is C21H15Br3N2O4S. The number of nitrogens with one attached hydrogen (secondary N) is 1. The summed E-state index contributed by atoms with van der Waals surface area (Å²) in [5.41, 5.74) is 4.45. The number of hydrogen-bond acceptors (Lipinski definition) is 5. The Morgan fingerprint density at radius 2 is 1.65 bits per heavy atom. The van der Waals surface area contributed by atoms with Crippen molar-refractivity contribution in [3.8, 4) is 5.75 Å². The van der Waals surface area contributed by atoms with Crippen molar-refractivity contribution in [3.63, 3.8) is 0 Å². The summed E-state index contributed by atoms with van der Waals surface area (Å²) >= 11 is 9.97. The largest absolute Gasteiger partial charge is 0.377 e. The molecule has 0 aliphatic rings. The minimum atomic E-state index is -4.00. The van der Waals surface area contributed by atoms with E-state index < -0.39 is 10.1 Å². The molecule has 0 atom stereocenters. The van der Waals surface area contributed by atoms with E-state index in [2.05, 4.69) is 58.3 Å². The molecule has 3 aromatic carbocycles. The predicted molar refractivity (Wildman–Crippen MR) is 130 cm³/mol. The van der Waals surface area contributed by atoms with Crippen LogP contribution in [0.2, 0.25) is 0 Å². The molecule has 0 saturated carbocycles. The van der Waals surface area contributed by atoms with Crippen LogP contribution in [0.15, 0.2) is 84.1 Å². The van der Waals surface area contributed by atoms with Crippen LogP contribution in [-0.2, 0) is 10.1 Å². The molecule has 0 bridgehead atoms. The summed E-state index contributed by atoms with van der Waals surface area (Å²) in [7, 11) is -4.00. The van der Waals surface area contributed by atoms with Crippen LogP contribution < -0.4 is 9.61 Å². The maximum absolute atomic E-state index is 12.6. The minimum Gasteiger partial charge on any atom is -0.377 e. The van der Waals surface area contributed by atoms with Gasteiger partial charge in [-0.1, -0.05) is 39.7 Å². The van der Waals surface area contributed by atoms with Gasteiger partial charge >= 0.3 is 10.1 Å². The van der Waals surface area contributed by atoms with Crippen LogP contribution in [0.4, 0.5) is 0 Å². The maximum atomic E-state index is 12.6. The minimum absolute atomic E-state index is 0.0535. The van der Waals surface area contributed by atoms with Crippen LogP contribution in [0.1, 0.15) is 21.5 Å². The van der Waals surface area contributed by atoms with Crippen molar-refractivity contribution in [2.75, 3.05) is 0 Å². The van der Waals surface area contributed by atoms with Crippen LogP contribution in [0.5, 0.6) is 5.75 Å². The van der Waals surface area contributed by atoms with Crippen LogP contribution >= 0.6 is 47.8 Å². The lowest BCUT2D eigenvalue weighted by molar-refractivity contribution is 0.0955. The van der Waals surface area contributed by atoms with E-state index in [0.717, 1.165) is 10.0 Å². The highest BCUT2D eigenvalue weighted by atomic mass is 79.9. The first kappa shape index (κ1) is 23.6. The Morgan fingerprint density at radius 3 is 2.26 bits per heavy atom. The van der Waals surface area contributed by atoms with E-state index in [1.807, 2.05) is 13.0 Å². The number of amides is 1. The van der Waals surface area contributed by atoms with E-state index in [9.17, 15) is 13.2 Å². The summed E-state index contributed by atoms with van der Waals surface area (Å²) in [5.74, 6) is -0.254. The molecule has 3 aromatic rings. The quantitative estimate of drug-likeness (QED) is 0.212. The molecule has 0 radical (unpaired) electrons. The molecular weight excluding hydrogens is 616 g/mol. The van der Waals surface area contributed by atoms with E-state index in [4.69, 9.17) is 4.18 Å². The van der Waals surface area contributed by atoms with Crippen molar-refractivity contribution in [2.45, 2.75) is 11.8 Å². The van der Waals surface area contributed by atoms with Crippen molar-refractivity contribution < 1.29 is 17.4 Å². The lowest BCUT2D eigenvalue weighted by Crippen LogP contribution is -2.17. The second kappa shape index (κ2) is 10.1. The lowest BCUT2D eigenvalue weighted by atomic mass is 10.2. The second-order valence-corrected chi connectivity index (χ2v) is 10.5. The van der Waals surface area contributed by atoms with Gasteiger partial charge in [-0.15, -0.1) is 0 Å². The Labute approximate surface area is 205 Å². The number of carbonyl (C=O) groups excluding carboxylic acids is 1. The SMILES string of the molecule is Cc1ccc(S(=O)(=O)Oc2c(Br)cc(/C=N\NC(=O)c3cccc(Br)c3)cc2Br)cc1. The number of hydrogen-bond donors (Lipinski definition) is 1. The molecule has 0 aliphatic carbocycles. The number of hydrazone groups is 1. The van der Waals surface area contributed by atoms with E-state index in [0.29, 0.717) is 20.1 Å². The van der Waals surface area contributed by atoms with Crippen LogP contribution in [-0.4, -0.2) is 20.5 Å². The second-order valence-electron chi connectivity index (χ2n) is 6.37. The molecule has 6 nitrogen and oxygen atoms in total. The standard InChI is InChI=1S/C21H15Br3N2O4S/c1-13-5-7-17(8-6-13)31(28,29)30-20-18(23)9-14(10-19(20)24)12-25-26-21(27)15-3-2-4-16(22)11-15/h2-12H,1H3,(H,26,27)/b25-12-. The Kier molecular flexibility index (Phi) is 7.68. The van der Waals surface area contributed by atoms with E-state index in [-0.39, 0.29) is 16.6 Å². The molecule has 0 spiro atoms. The molecule has 160 valence electrons. The molecule has 0 aromatic heterocycles. The van der Waals surface area contributed by atoms with Gasteiger partial charge < -0.3 is 4.18 Å². The molecule has 0 saturated heterocycles. The summed E-state index contributed by atoms with van der Waals surface area (Å²) in [5, 5.41) is 3.95.